The van der Waals surface area contributed by atoms with Crippen LogP contribution >= 0.6 is 11.3 Å². The van der Waals surface area contributed by atoms with E-state index >= 15 is 0 Å². The van der Waals surface area contributed by atoms with Gasteiger partial charge in [-0.3, -0.25) is 4.79 Å². The van der Waals surface area contributed by atoms with Crippen molar-refractivity contribution in [3.63, 3.8) is 0 Å². The minimum Gasteiger partial charge on any atom is -0.337 e. The van der Waals surface area contributed by atoms with Gasteiger partial charge in [0.05, 0.1) is 23.2 Å². The first-order valence-electron chi connectivity index (χ1n) is 7.93. The normalized spacial score (nSPS) is 11.4. The second kappa shape index (κ2) is 6.36. The number of pyridine rings is 1. The molecule has 24 heavy (non-hydrogen) atoms. The number of hydrogen-bond acceptors (Lipinski definition) is 5. The summed E-state index contributed by atoms with van der Waals surface area (Å²) >= 11 is 1.67. The lowest BCUT2D eigenvalue weighted by Gasteiger charge is -2.18. The summed E-state index contributed by atoms with van der Waals surface area (Å²) in [5.74, 6) is 0.166. The van der Waals surface area contributed by atoms with E-state index in [9.17, 15) is 4.79 Å². The summed E-state index contributed by atoms with van der Waals surface area (Å²) in [6, 6.07) is 3.95. The second-order valence-electron chi connectivity index (χ2n) is 6.39. The van der Waals surface area contributed by atoms with Gasteiger partial charge in [0.15, 0.2) is 0 Å². The number of amides is 1. The van der Waals surface area contributed by atoms with E-state index in [1.807, 2.05) is 33.9 Å². The molecular formula is C18H21N3O2S. The minimum absolute atomic E-state index is 0.0385. The summed E-state index contributed by atoms with van der Waals surface area (Å²) in [5.41, 5.74) is 3.78. The van der Waals surface area contributed by atoms with Gasteiger partial charge in [-0.1, -0.05) is 19.0 Å². The molecule has 0 fully saturated rings. The van der Waals surface area contributed by atoms with Crippen molar-refractivity contribution in [2.45, 2.75) is 40.2 Å². The first-order chi connectivity index (χ1) is 11.4. The first-order valence-corrected chi connectivity index (χ1v) is 8.81. The number of nitrogens with zero attached hydrogens (tertiary/aromatic N) is 3. The summed E-state index contributed by atoms with van der Waals surface area (Å²) < 4.78 is 5.31. The van der Waals surface area contributed by atoms with Gasteiger partial charge in [-0.05, 0) is 42.8 Å². The molecule has 0 saturated carbocycles. The highest BCUT2D eigenvalue weighted by molar-refractivity contribution is 7.10. The maximum Gasteiger partial charge on any atom is 0.259 e. The average molecular weight is 343 g/mol. The number of aromatic nitrogens is 2. The number of carbonyl (C=O) groups is 1. The highest BCUT2D eigenvalue weighted by Gasteiger charge is 2.22. The van der Waals surface area contributed by atoms with Crippen molar-refractivity contribution < 1.29 is 9.32 Å². The summed E-state index contributed by atoms with van der Waals surface area (Å²) in [7, 11) is 1.83. The van der Waals surface area contributed by atoms with Crippen LogP contribution in [-0.4, -0.2) is 28.0 Å². The second-order valence-corrected chi connectivity index (χ2v) is 7.39. The Morgan fingerprint density at radius 1 is 1.38 bits per heavy atom. The third-order valence-electron chi connectivity index (χ3n) is 4.15. The molecule has 6 heteroatoms. The van der Waals surface area contributed by atoms with E-state index < -0.39 is 0 Å². The maximum atomic E-state index is 13.1. The molecule has 3 aromatic rings. The fraction of sp³-hybridized carbons (Fsp3) is 0.389. The Balaban J connectivity index is 2.02. The Hall–Kier alpha value is -2.21. The molecular weight excluding hydrogens is 322 g/mol. The molecule has 0 aliphatic carbocycles. The van der Waals surface area contributed by atoms with Gasteiger partial charge in [-0.25, -0.2) is 4.98 Å². The van der Waals surface area contributed by atoms with Crippen molar-refractivity contribution >= 4 is 28.3 Å². The van der Waals surface area contributed by atoms with Crippen molar-refractivity contribution in [1.82, 2.24) is 15.0 Å². The van der Waals surface area contributed by atoms with E-state index in [2.05, 4.69) is 28.5 Å². The topological polar surface area (TPSA) is 59.2 Å². The lowest BCUT2D eigenvalue weighted by Crippen LogP contribution is -2.26. The number of rotatable bonds is 4. The molecule has 3 rings (SSSR count). The van der Waals surface area contributed by atoms with Crippen molar-refractivity contribution in [2.75, 3.05) is 7.05 Å². The predicted octanol–water partition coefficient (Wildman–Crippen LogP) is 4.30. The monoisotopic (exact) mass is 343 g/mol. The van der Waals surface area contributed by atoms with Crippen LogP contribution in [0.5, 0.6) is 0 Å². The van der Waals surface area contributed by atoms with Crippen LogP contribution in [0.3, 0.4) is 0 Å². The van der Waals surface area contributed by atoms with Crippen molar-refractivity contribution in [3.05, 3.63) is 44.9 Å². The molecule has 0 bridgehead atoms. The lowest BCUT2D eigenvalue weighted by atomic mass is 10.0. The van der Waals surface area contributed by atoms with Gasteiger partial charge >= 0.3 is 0 Å². The molecule has 0 aromatic carbocycles. The number of fused-ring (bicyclic) bond motifs is 1. The van der Waals surface area contributed by atoms with E-state index in [4.69, 9.17) is 4.52 Å². The number of aryl methyl sites for hydroxylation is 2. The molecule has 0 unspecified atom stereocenters. The van der Waals surface area contributed by atoms with Crippen LogP contribution in [0.2, 0.25) is 0 Å². The maximum absolute atomic E-state index is 13.1. The Labute approximate surface area is 145 Å². The third-order valence-corrected chi connectivity index (χ3v) is 5.16. The quantitative estimate of drug-likeness (QED) is 0.709. The van der Waals surface area contributed by atoms with Crippen LogP contribution in [0.25, 0.3) is 11.1 Å². The van der Waals surface area contributed by atoms with E-state index in [0.29, 0.717) is 28.9 Å². The zero-order chi connectivity index (χ0) is 17.4. The first kappa shape index (κ1) is 16.6. The third kappa shape index (κ3) is 2.94. The lowest BCUT2D eigenvalue weighted by molar-refractivity contribution is 0.0788. The Morgan fingerprint density at radius 2 is 2.12 bits per heavy atom. The molecule has 1 amide bonds. The SMILES string of the molecule is Cc1ccsc1CN(C)C(=O)c1cc(C(C)C)nc2onc(C)c12. The zero-order valence-corrected chi connectivity index (χ0v) is 15.4. The van der Waals surface area contributed by atoms with Crippen LogP contribution in [0.1, 0.15) is 52.0 Å². The molecule has 0 spiro atoms. The molecule has 0 N–H and O–H groups in total. The fourth-order valence-corrected chi connectivity index (χ4v) is 3.60. The van der Waals surface area contributed by atoms with Crippen molar-refractivity contribution in [2.24, 2.45) is 0 Å². The van der Waals surface area contributed by atoms with Gasteiger partial charge in [-0.2, -0.15) is 0 Å². The highest BCUT2D eigenvalue weighted by atomic mass is 32.1. The van der Waals surface area contributed by atoms with E-state index in [0.717, 1.165) is 5.69 Å². The Morgan fingerprint density at radius 3 is 2.75 bits per heavy atom. The van der Waals surface area contributed by atoms with Gasteiger partial charge in [0.25, 0.3) is 11.6 Å². The van der Waals surface area contributed by atoms with Gasteiger partial charge in [0.2, 0.25) is 0 Å². The van der Waals surface area contributed by atoms with Crippen LogP contribution in [0.15, 0.2) is 22.0 Å². The number of carbonyl (C=O) groups excluding carboxylic acids is 1. The van der Waals surface area contributed by atoms with E-state index in [1.165, 1.54) is 10.4 Å². The van der Waals surface area contributed by atoms with Crippen LogP contribution in [0.4, 0.5) is 0 Å². The molecule has 0 aliphatic heterocycles. The van der Waals surface area contributed by atoms with Gasteiger partial charge in [0, 0.05) is 17.6 Å². The molecule has 0 saturated heterocycles. The number of hydrogen-bond donors (Lipinski definition) is 0. The van der Waals surface area contributed by atoms with Gasteiger partial charge < -0.3 is 9.42 Å². The largest absolute Gasteiger partial charge is 0.337 e. The van der Waals surface area contributed by atoms with Gasteiger partial charge in [-0.15, -0.1) is 11.3 Å². The fourth-order valence-electron chi connectivity index (χ4n) is 2.64. The molecule has 126 valence electrons. The van der Waals surface area contributed by atoms with E-state index in [1.54, 1.807) is 16.2 Å². The molecule has 0 aliphatic rings. The molecule has 3 heterocycles. The summed E-state index contributed by atoms with van der Waals surface area (Å²) in [6.45, 7) is 8.58. The standard InChI is InChI=1S/C18H21N3O2S/c1-10(2)14-8-13(16-12(4)20-23-17(16)19-14)18(22)21(5)9-15-11(3)6-7-24-15/h6-8,10H,9H2,1-5H3. The van der Waals surface area contributed by atoms with Crippen molar-refractivity contribution in [3.8, 4) is 0 Å². The molecule has 5 nitrogen and oxygen atoms in total. The molecule has 3 aromatic heterocycles. The highest BCUT2D eigenvalue weighted by Crippen LogP contribution is 2.27. The van der Waals surface area contributed by atoms with Gasteiger partial charge in [0.1, 0.15) is 0 Å². The zero-order valence-electron chi connectivity index (χ0n) is 14.6. The minimum atomic E-state index is -0.0385. The molecule has 0 radical (unpaired) electrons. The predicted molar refractivity (Wildman–Crippen MR) is 95.5 cm³/mol. The summed E-state index contributed by atoms with van der Waals surface area (Å²) in [4.78, 5) is 20.5. The van der Waals surface area contributed by atoms with Crippen LogP contribution in [0, 0.1) is 13.8 Å². The number of thiophene rings is 1. The molecule has 0 atom stereocenters. The Bertz CT molecular complexity index is 895. The Kier molecular flexibility index (Phi) is 4.41. The van der Waals surface area contributed by atoms with Crippen molar-refractivity contribution in [1.29, 1.82) is 0 Å². The van der Waals surface area contributed by atoms with Crippen LogP contribution in [-0.2, 0) is 6.54 Å². The summed E-state index contributed by atoms with van der Waals surface area (Å²) in [5, 5.41) is 6.74. The smallest absolute Gasteiger partial charge is 0.259 e. The van der Waals surface area contributed by atoms with Crippen LogP contribution < -0.4 is 0 Å². The van der Waals surface area contributed by atoms with E-state index in [-0.39, 0.29) is 11.8 Å². The average Bonchev–Trinajstić information content (AvgIpc) is 3.12. The summed E-state index contributed by atoms with van der Waals surface area (Å²) in [6.07, 6.45) is 0.